The summed E-state index contributed by atoms with van der Waals surface area (Å²) in [6.07, 6.45) is 24.8. The van der Waals surface area contributed by atoms with Gasteiger partial charge in [-0.05, 0) is 106 Å². The molecule has 119 heavy (non-hydrogen) atoms. The number of guanidine groups is 1. The number of phenols is 1. The van der Waals surface area contributed by atoms with Gasteiger partial charge in [0.25, 0.3) is 5.56 Å². The van der Waals surface area contributed by atoms with Gasteiger partial charge in [0.05, 0.1) is 29.6 Å². The zero-order chi connectivity index (χ0) is 87.2. The van der Waals surface area contributed by atoms with E-state index in [0.29, 0.717) is 61.2 Å². The van der Waals surface area contributed by atoms with Crippen molar-refractivity contribution < 1.29 is 72.9 Å². The molecule has 10 amide bonds. The number of carboxylic acids is 2. The summed E-state index contributed by atoms with van der Waals surface area (Å²) in [6.45, 7) is 10.3. The van der Waals surface area contributed by atoms with Gasteiger partial charge in [-0.25, -0.2) is 19.6 Å². The number of likely N-dealkylation sites (N-methyl/N-ethyl adjacent to an activating group) is 1. The summed E-state index contributed by atoms with van der Waals surface area (Å²) < 4.78 is 1.07. The van der Waals surface area contributed by atoms with E-state index in [1.165, 1.54) is 115 Å². The number of unbranched alkanes of at least 4 members (excludes halogenated alkanes) is 17. The fourth-order valence-electron chi connectivity index (χ4n) is 14.1. The molecule has 19 N–H and O–H groups in total. The highest BCUT2D eigenvalue weighted by atomic mass is 16.4. The molecule has 0 aliphatic carbocycles. The summed E-state index contributed by atoms with van der Waals surface area (Å²) in [5, 5.41) is 53.8. The Morgan fingerprint density at radius 2 is 1.08 bits per heavy atom. The third kappa shape index (κ3) is 37.4. The first-order valence-corrected chi connectivity index (χ1v) is 42.6. The molecule has 2 aromatic heterocycles. The summed E-state index contributed by atoms with van der Waals surface area (Å²) >= 11 is 0. The number of hydrogen-bond acceptors (Lipinski definition) is 19. The maximum atomic E-state index is 14.5. The Morgan fingerprint density at radius 3 is 1.63 bits per heavy atom. The molecule has 1 fully saturated rings. The lowest BCUT2D eigenvalue weighted by Crippen LogP contribution is -2.59. The van der Waals surface area contributed by atoms with Gasteiger partial charge in [-0.2, -0.15) is 0 Å². The van der Waals surface area contributed by atoms with Crippen LogP contribution in [0.4, 0.5) is 5.69 Å². The fourth-order valence-corrected chi connectivity index (χ4v) is 14.1. The molecule has 1 saturated heterocycles. The second-order valence-electron chi connectivity index (χ2n) is 31.6. The lowest BCUT2D eigenvalue weighted by atomic mass is 9.98. The number of carbonyl (C=O) groups excluding carboxylic acids is 10. The number of H-pyrrole nitrogens is 1. The maximum absolute atomic E-state index is 14.5. The smallest absolute Gasteiger partial charge is 0.326 e. The predicted molar refractivity (Wildman–Crippen MR) is 453 cm³/mol. The van der Waals surface area contributed by atoms with Gasteiger partial charge in [-0.3, -0.25) is 62.3 Å². The Kier molecular flexibility index (Phi) is 45.1. The number of anilines is 1. The molecule has 0 spiro atoms. The number of aromatic amines is 1. The molecule has 35 heteroatoms. The first-order chi connectivity index (χ1) is 57.0. The van der Waals surface area contributed by atoms with Crippen molar-refractivity contribution in [3.8, 4) is 5.75 Å². The predicted octanol–water partition coefficient (Wildman–Crippen LogP) is 4.63. The van der Waals surface area contributed by atoms with E-state index in [2.05, 4.69) is 74.7 Å². The second kappa shape index (κ2) is 54.4. The number of carbonyl (C=O) groups is 12. The zero-order valence-electron chi connectivity index (χ0n) is 70.5. The minimum Gasteiger partial charge on any atom is -0.508 e. The average Bonchev–Trinajstić information content (AvgIpc) is 0.825. The van der Waals surface area contributed by atoms with Crippen LogP contribution < -0.4 is 75.5 Å². The Morgan fingerprint density at radius 1 is 0.555 bits per heavy atom. The molecule has 1 aliphatic rings. The van der Waals surface area contributed by atoms with Crippen LogP contribution in [0.1, 0.15) is 232 Å². The molecule has 5 rings (SSSR count). The molecular weight excluding hydrogens is 1530 g/mol. The first-order valence-electron chi connectivity index (χ1n) is 42.6. The Balaban J connectivity index is 1.13. The molecule has 0 unspecified atom stereocenters. The largest absolute Gasteiger partial charge is 0.508 e. The number of nitrogens with two attached hydrogens (primary N) is 3. The van der Waals surface area contributed by atoms with Crippen LogP contribution in [-0.4, -0.2) is 211 Å². The molecule has 1 aliphatic heterocycles. The number of piperazine rings is 1. The van der Waals surface area contributed by atoms with Gasteiger partial charge >= 0.3 is 11.9 Å². The molecular formula is C84H133N19O16. The highest BCUT2D eigenvalue weighted by Gasteiger charge is 2.35. The van der Waals surface area contributed by atoms with Crippen LogP contribution in [0.3, 0.4) is 0 Å². The molecule has 2 aromatic carbocycles. The van der Waals surface area contributed by atoms with Crippen molar-refractivity contribution in [2.45, 2.75) is 289 Å². The van der Waals surface area contributed by atoms with Crippen LogP contribution in [0, 0.1) is 11.8 Å². The van der Waals surface area contributed by atoms with E-state index in [1.807, 2.05) is 32.6 Å². The number of hydrogen-bond donors (Lipinski definition) is 16. The van der Waals surface area contributed by atoms with Crippen molar-refractivity contribution in [1.82, 2.24) is 72.3 Å². The minimum atomic E-state index is -1.47. The number of aromatic nitrogens is 4. The lowest BCUT2D eigenvalue weighted by molar-refractivity contribution is -0.143. The van der Waals surface area contributed by atoms with Crippen molar-refractivity contribution >= 4 is 93.6 Å². The third-order valence-corrected chi connectivity index (χ3v) is 21.4. The number of imidazole rings is 1. The monoisotopic (exact) mass is 1660 g/mol. The van der Waals surface area contributed by atoms with Gasteiger partial charge in [0.1, 0.15) is 54.6 Å². The molecule has 3 heterocycles. The van der Waals surface area contributed by atoms with Crippen molar-refractivity contribution in [2.75, 3.05) is 51.2 Å². The highest BCUT2D eigenvalue weighted by molar-refractivity contribution is 5.96. The second-order valence-corrected chi connectivity index (χ2v) is 31.6. The van der Waals surface area contributed by atoms with E-state index in [0.717, 1.165) is 30.3 Å². The molecule has 0 radical (unpaired) electrons. The van der Waals surface area contributed by atoms with Crippen LogP contribution in [0.25, 0.3) is 10.9 Å². The number of rotatable bonds is 59. The average molecular weight is 1670 g/mol. The summed E-state index contributed by atoms with van der Waals surface area (Å²) in [4.78, 5) is 194. The Hall–Kier alpha value is -10.7. The molecule has 35 nitrogen and oxygen atoms in total. The number of aliphatic carboxylic acids is 2. The van der Waals surface area contributed by atoms with Crippen molar-refractivity contribution in [3.63, 3.8) is 0 Å². The third-order valence-electron chi connectivity index (χ3n) is 21.4. The van der Waals surface area contributed by atoms with E-state index in [9.17, 15) is 77.6 Å². The Bertz CT molecular complexity index is 3940. The number of carboxylic acid groups (broad SMARTS) is 2. The van der Waals surface area contributed by atoms with E-state index >= 15 is 0 Å². The molecule has 0 bridgehead atoms. The number of phenolic OH excluding ortho intramolecular Hbond substituents is 1. The van der Waals surface area contributed by atoms with Crippen LogP contribution in [-0.2, 0) is 76.9 Å². The minimum absolute atomic E-state index is 0.0115. The molecule has 9 atom stereocenters. The highest BCUT2D eigenvalue weighted by Crippen LogP contribution is 2.23. The molecule has 4 aromatic rings. The quantitative estimate of drug-likeness (QED) is 0.0163. The lowest BCUT2D eigenvalue weighted by Gasteiger charge is -2.38. The van der Waals surface area contributed by atoms with Crippen molar-refractivity contribution in [3.05, 3.63) is 82.9 Å². The number of benzene rings is 2. The van der Waals surface area contributed by atoms with Gasteiger partial charge < -0.3 is 95.2 Å². The summed E-state index contributed by atoms with van der Waals surface area (Å²) in [6, 6.07) is 1.24. The number of aromatic hydroxyl groups is 1. The van der Waals surface area contributed by atoms with Gasteiger partial charge in [0, 0.05) is 96.0 Å². The number of amides is 10. The SMILES string of the molecule is CCCCCCCCCCCCCCCCCCCC(=O)N[C@@H](CCC(=O)N[C@@H](CCC(=O)NCCCC[C@H](NC(=O)[C@@H](N)[C@@H](C)CC)C(=O)N1CCN(c2ccc3ncn(CC(=O)N[C@@H](CCCN=C(N)N)C(=O)N[C@@H](Cc4cnc[nH]4)C(=O)N[C@@H](Cc4ccc(O)cc4)C(=O)N[C@@H](CC(C)C)C(=O)NC)c(=O)c3c2)CC1)C(=O)O)C(=O)O. The van der Waals surface area contributed by atoms with Crippen molar-refractivity contribution in [1.29, 1.82) is 0 Å². The summed E-state index contributed by atoms with van der Waals surface area (Å²) in [7, 11) is 1.44. The normalized spacial score (nSPS) is 14.4. The first kappa shape index (κ1) is 98.8. The van der Waals surface area contributed by atoms with E-state index < -0.39 is 132 Å². The van der Waals surface area contributed by atoms with Gasteiger partial charge in [-0.15, -0.1) is 0 Å². The van der Waals surface area contributed by atoms with E-state index in [-0.39, 0.29) is 125 Å². The van der Waals surface area contributed by atoms with Gasteiger partial charge in [-0.1, -0.05) is 156 Å². The molecule has 0 saturated carbocycles. The number of nitrogens with one attached hydrogen (secondary N) is 10. The van der Waals surface area contributed by atoms with Crippen molar-refractivity contribution in [2.24, 2.45) is 34.0 Å². The molecule has 660 valence electrons. The van der Waals surface area contributed by atoms with Crippen LogP contribution >= 0.6 is 0 Å². The maximum Gasteiger partial charge on any atom is 0.326 e. The van der Waals surface area contributed by atoms with E-state index in [4.69, 9.17) is 17.2 Å². The summed E-state index contributed by atoms with van der Waals surface area (Å²) in [5.74, 6) is -9.36. The van der Waals surface area contributed by atoms with Crippen LogP contribution in [0.2, 0.25) is 0 Å². The standard InChI is InChI=1S/C84H133N19O16/c1-7-9-10-11-12-13-14-15-16-17-18-19-20-21-22-23-24-30-71(106)95-66(83(118)119)38-40-72(107)96-65(82(116)117)37-39-70(105)90-41-26-25-28-64(97-79(113)74(85)56(5)8-2)81(115)102-45-43-101(44-46-102)59-33-36-62-61(50-59)80(114)103(54-93-62)52-73(108)94-63(29-27-42-91-84(86)87)76(110)100-69(49-58-51-89-53-92-58)78(112)99-68(48-57-31-34-60(104)35-32-57)77(111)98-67(47-55(3)4)75(109)88-6/h31-36,50-51,53-56,63-69,74,104H,7-30,37-49,52,85H2,1-6H3,(H,88,109)(H,89,92)(H,90,105)(H,94,108)(H,95,106)(H,96,107)(H,97,113)(H,98,111)(H,99,112)(H,100,110)(H,116,117)(H,118,119)(H4,86,87,91)/t56-,63-,64-,65-,66-,67-,68-,69-,74-/m0/s1. The number of fused-ring (bicyclic) bond motifs is 1. The fraction of sp³-hybridized carbons (Fsp3) is 0.643. The zero-order valence-corrected chi connectivity index (χ0v) is 70.5. The topological polar surface area (TPSA) is 534 Å². The summed E-state index contributed by atoms with van der Waals surface area (Å²) in [5.41, 5.74) is 18.8. The van der Waals surface area contributed by atoms with Crippen LogP contribution in [0.5, 0.6) is 5.75 Å². The van der Waals surface area contributed by atoms with Gasteiger partial charge in [0.15, 0.2) is 5.96 Å². The van der Waals surface area contributed by atoms with E-state index in [1.54, 1.807) is 35.2 Å². The van der Waals surface area contributed by atoms with Gasteiger partial charge in [0.2, 0.25) is 59.1 Å². The van der Waals surface area contributed by atoms with Crippen LogP contribution in [0.15, 0.2) is 71.1 Å². The number of nitrogens with zero attached hydrogens (tertiary/aromatic N) is 6. The Labute approximate surface area is 698 Å². The number of aliphatic imine (C=N–C) groups is 1.